The maximum absolute atomic E-state index is 12.5. The molecule has 196 valence electrons. The predicted molar refractivity (Wildman–Crippen MR) is 152 cm³/mol. The highest BCUT2D eigenvalue weighted by molar-refractivity contribution is 7.86. The number of aryl methyl sites for hydroxylation is 3. The zero-order chi connectivity index (χ0) is 26.7. The van der Waals surface area contributed by atoms with E-state index in [0.29, 0.717) is 12.3 Å². The molecule has 1 aliphatic carbocycles. The summed E-state index contributed by atoms with van der Waals surface area (Å²) in [6.07, 6.45) is 2.61. The number of ether oxygens (including phenoxy) is 1. The molecule has 1 aliphatic rings. The number of hydrogen-bond donors (Lipinski definition) is 0. The van der Waals surface area contributed by atoms with Gasteiger partial charge in [-0.2, -0.15) is 8.42 Å². The molecular weight excluding hydrogens is 492 g/mol. The van der Waals surface area contributed by atoms with Crippen LogP contribution in [0.4, 0.5) is 0 Å². The van der Waals surface area contributed by atoms with Crippen LogP contribution in [0, 0.1) is 13.8 Å². The van der Waals surface area contributed by atoms with Crippen LogP contribution in [-0.2, 0) is 27.1 Å². The highest BCUT2D eigenvalue weighted by atomic mass is 32.2. The third-order valence-corrected chi connectivity index (χ3v) is 9.00. The van der Waals surface area contributed by atoms with E-state index >= 15 is 0 Å². The highest BCUT2D eigenvalue weighted by Gasteiger charge is 2.33. The van der Waals surface area contributed by atoms with Crippen LogP contribution < -0.4 is 4.74 Å². The fraction of sp³-hybridized carbons (Fsp3) is 0.273. The van der Waals surface area contributed by atoms with E-state index in [9.17, 15) is 8.42 Å². The van der Waals surface area contributed by atoms with Crippen LogP contribution in [0.25, 0.3) is 0 Å². The van der Waals surface area contributed by atoms with Gasteiger partial charge < -0.3 is 4.74 Å². The van der Waals surface area contributed by atoms with E-state index in [-0.39, 0.29) is 17.4 Å². The molecule has 0 amide bonds. The van der Waals surface area contributed by atoms with Crippen molar-refractivity contribution in [3.63, 3.8) is 0 Å². The Kier molecular flexibility index (Phi) is 7.68. The summed E-state index contributed by atoms with van der Waals surface area (Å²) in [7, 11) is -2.05. The minimum absolute atomic E-state index is 0.105. The fourth-order valence-electron chi connectivity index (χ4n) is 5.61. The third kappa shape index (κ3) is 5.54. The fourth-order valence-corrected chi connectivity index (χ4v) is 6.52. The highest BCUT2D eigenvalue weighted by Crippen LogP contribution is 2.47. The van der Waals surface area contributed by atoms with Gasteiger partial charge in [-0.3, -0.25) is 4.18 Å². The lowest BCUT2D eigenvalue weighted by Gasteiger charge is -2.35. The van der Waals surface area contributed by atoms with E-state index in [0.717, 1.165) is 29.7 Å². The Balaban J connectivity index is 1.37. The SMILES string of the molecule is COc1ccc2c(c1)CC[C@H](c1ccccc1C)[C@@H]2c1ccc(CCOS(=O)(=O)c2ccc(C)cc2)cc1. The molecule has 38 heavy (non-hydrogen) atoms. The second-order valence-electron chi connectivity index (χ2n) is 10.1. The van der Waals surface area contributed by atoms with Crippen molar-refractivity contribution in [1.29, 1.82) is 0 Å². The van der Waals surface area contributed by atoms with Gasteiger partial charge in [0.1, 0.15) is 5.75 Å². The summed E-state index contributed by atoms with van der Waals surface area (Å²) in [6.45, 7) is 4.23. The smallest absolute Gasteiger partial charge is 0.296 e. The van der Waals surface area contributed by atoms with Crippen LogP contribution >= 0.6 is 0 Å². The quantitative estimate of drug-likeness (QED) is 0.229. The molecule has 5 heteroatoms. The third-order valence-electron chi connectivity index (χ3n) is 7.68. The molecule has 0 N–H and O–H groups in total. The van der Waals surface area contributed by atoms with Gasteiger partial charge in [0.15, 0.2) is 0 Å². The predicted octanol–water partition coefficient (Wildman–Crippen LogP) is 7.12. The molecule has 0 radical (unpaired) electrons. The molecule has 0 spiro atoms. The van der Waals surface area contributed by atoms with Gasteiger partial charge in [-0.15, -0.1) is 0 Å². The summed E-state index contributed by atoms with van der Waals surface area (Å²) < 4.78 is 35.9. The van der Waals surface area contributed by atoms with Gasteiger partial charge in [-0.1, -0.05) is 72.3 Å². The van der Waals surface area contributed by atoms with Crippen molar-refractivity contribution in [2.24, 2.45) is 0 Å². The number of rotatable bonds is 8. The second kappa shape index (κ2) is 11.1. The Labute approximate surface area is 226 Å². The van der Waals surface area contributed by atoms with E-state index in [2.05, 4.69) is 73.7 Å². The summed E-state index contributed by atoms with van der Waals surface area (Å²) in [4.78, 5) is 0.188. The zero-order valence-electron chi connectivity index (χ0n) is 22.2. The van der Waals surface area contributed by atoms with Crippen LogP contribution in [0.5, 0.6) is 5.75 Å². The lowest BCUT2D eigenvalue weighted by molar-refractivity contribution is 0.322. The van der Waals surface area contributed by atoms with Gasteiger partial charge in [0.2, 0.25) is 0 Å². The lowest BCUT2D eigenvalue weighted by atomic mass is 9.68. The van der Waals surface area contributed by atoms with Crippen molar-refractivity contribution in [2.45, 2.75) is 49.8 Å². The first-order valence-electron chi connectivity index (χ1n) is 13.1. The average molecular weight is 527 g/mol. The minimum atomic E-state index is -3.76. The first kappa shape index (κ1) is 26.2. The molecule has 2 atom stereocenters. The summed E-state index contributed by atoms with van der Waals surface area (Å²) in [5, 5.41) is 0. The second-order valence-corrected chi connectivity index (χ2v) is 11.7. The summed E-state index contributed by atoms with van der Waals surface area (Å²) in [5.74, 6) is 1.51. The molecule has 4 aromatic rings. The van der Waals surface area contributed by atoms with Crippen LogP contribution in [0.1, 0.15) is 57.2 Å². The number of hydrogen-bond acceptors (Lipinski definition) is 4. The van der Waals surface area contributed by atoms with Gasteiger partial charge in [0, 0.05) is 5.92 Å². The van der Waals surface area contributed by atoms with E-state index < -0.39 is 10.1 Å². The van der Waals surface area contributed by atoms with Gasteiger partial charge in [-0.25, -0.2) is 0 Å². The lowest BCUT2D eigenvalue weighted by Crippen LogP contribution is -2.21. The van der Waals surface area contributed by atoms with Crippen molar-refractivity contribution in [2.75, 3.05) is 13.7 Å². The first-order valence-corrected chi connectivity index (χ1v) is 14.5. The monoisotopic (exact) mass is 526 g/mol. The van der Waals surface area contributed by atoms with Crippen molar-refractivity contribution < 1.29 is 17.3 Å². The molecule has 0 unspecified atom stereocenters. The Morgan fingerprint density at radius 2 is 1.58 bits per heavy atom. The van der Waals surface area contributed by atoms with E-state index in [1.165, 1.54) is 27.8 Å². The normalized spacial score (nSPS) is 17.1. The van der Waals surface area contributed by atoms with E-state index in [1.54, 1.807) is 31.4 Å². The Hall–Kier alpha value is -3.41. The molecule has 0 heterocycles. The minimum Gasteiger partial charge on any atom is -0.497 e. The van der Waals surface area contributed by atoms with Crippen LogP contribution in [0.2, 0.25) is 0 Å². The molecule has 5 rings (SSSR count). The Bertz CT molecular complexity index is 1510. The maximum atomic E-state index is 12.5. The molecule has 4 aromatic carbocycles. The standard InChI is InChI=1S/C33H34O4S/c1-23-8-16-29(17-9-23)38(34,35)37-21-20-25-10-12-26(13-11-25)33-31-19-15-28(36-3)22-27(31)14-18-32(33)30-7-5-4-6-24(30)2/h4-13,15-17,19,22,32-33H,14,18,20-21H2,1-3H3/t32-,33-/m1/s1. The number of benzene rings is 4. The molecule has 0 saturated heterocycles. The van der Waals surface area contributed by atoms with Crippen molar-refractivity contribution in [3.8, 4) is 5.75 Å². The van der Waals surface area contributed by atoms with Crippen LogP contribution in [-0.4, -0.2) is 22.1 Å². The number of methoxy groups -OCH3 is 1. The molecule has 0 saturated carbocycles. The summed E-state index contributed by atoms with van der Waals surface area (Å²) in [6, 6.07) is 30.5. The topological polar surface area (TPSA) is 52.6 Å². The molecule has 0 fully saturated rings. The first-order chi connectivity index (χ1) is 18.4. The molecule has 0 bridgehead atoms. The van der Waals surface area contributed by atoms with Gasteiger partial charge >= 0.3 is 0 Å². The van der Waals surface area contributed by atoms with Crippen molar-refractivity contribution in [1.82, 2.24) is 0 Å². The van der Waals surface area contributed by atoms with Crippen LogP contribution in [0.15, 0.2) is 95.9 Å². The molecule has 4 nitrogen and oxygen atoms in total. The van der Waals surface area contributed by atoms with Crippen molar-refractivity contribution in [3.05, 3.63) is 130 Å². The zero-order valence-corrected chi connectivity index (χ0v) is 23.0. The van der Waals surface area contributed by atoms with Gasteiger partial charge in [0.05, 0.1) is 18.6 Å². The van der Waals surface area contributed by atoms with Gasteiger partial charge in [-0.05, 0) is 96.7 Å². The van der Waals surface area contributed by atoms with Crippen molar-refractivity contribution >= 4 is 10.1 Å². The Morgan fingerprint density at radius 3 is 2.29 bits per heavy atom. The average Bonchev–Trinajstić information content (AvgIpc) is 2.93. The maximum Gasteiger partial charge on any atom is 0.296 e. The molecule has 0 aliphatic heterocycles. The van der Waals surface area contributed by atoms with E-state index in [1.807, 2.05) is 6.92 Å². The summed E-state index contributed by atoms with van der Waals surface area (Å²) >= 11 is 0. The van der Waals surface area contributed by atoms with Crippen LogP contribution in [0.3, 0.4) is 0 Å². The molecular formula is C33H34O4S. The van der Waals surface area contributed by atoms with Gasteiger partial charge in [0.25, 0.3) is 10.1 Å². The Morgan fingerprint density at radius 1 is 0.842 bits per heavy atom. The largest absolute Gasteiger partial charge is 0.497 e. The molecule has 0 aromatic heterocycles. The number of fused-ring (bicyclic) bond motifs is 1. The summed E-state index contributed by atoms with van der Waals surface area (Å²) in [5.41, 5.74) is 8.74. The van der Waals surface area contributed by atoms with E-state index in [4.69, 9.17) is 8.92 Å².